The van der Waals surface area contributed by atoms with Gasteiger partial charge in [-0.15, -0.1) is 0 Å². The Kier molecular flexibility index (Phi) is 4.67. The van der Waals surface area contributed by atoms with Gasteiger partial charge in [0.25, 0.3) is 0 Å². The van der Waals surface area contributed by atoms with Gasteiger partial charge in [0.2, 0.25) is 0 Å². The summed E-state index contributed by atoms with van der Waals surface area (Å²) in [5.74, 6) is 0. The molecule has 0 atom stereocenters. The van der Waals surface area contributed by atoms with Gasteiger partial charge >= 0.3 is 0 Å². The van der Waals surface area contributed by atoms with Crippen LogP contribution in [-0.2, 0) is 0 Å². The van der Waals surface area contributed by atoms with Crippen molar-refractivity contribution in [2.45, 2.75) is 13.3 Å². The molecule has 2 heteroatoms. The Balaban J connectivity index is 3.31. The Morgan fingerprint density at radius 3 is 2.50 bits per heavy atom. The highest BCUT2D eigenvalue weighted by Crippen LogP contribution is 1.97. The smallest absolute Gasteiger partial charge is 0.0290 e. The van der Waals surface area contributed by atoms with E-state index in [1.54, 1.807) is 0 Å². The number of hydrogen-bond acceptors (Lipinski definition) is 2. The van der Waals surface area contributed by atoms with Crippen LogP contribution in [0.25, 0.3) is 0 Å². The molecule has 0 rings (SSSR count). The Morgan fingerprint density at radius 1 is 1.50 bits per heavy atom. The molecule has 0 aliphatic heterocycles. The first kappa shape index (κ1) is 9.24. The largest absolute Gasteiger partial charge is 0.385 e. The summed E-state index contributed by atoms with van der Waals surface area (Å²) in [7, 11) is 0. The maximum Gasteiger partial charge on any atom is 0.0290 e. The predicted molar refractivity (Wildman–Crippen MR) is 45.6 cm³/mol. The Bertz CT molecular complexity index is 127. The maximum atomic E-state index is 5.30. The molecule has 0 fully saturated rings. The third kappa shape index (κ3) is 4.15. The van der Waals surface area contributed by atoms with Crippen LogP contribution in [-0.4, -0.2) is 13.1 Å². The zero-order valence-electron chi connectivity index (χ0n) is 6.61. The van der Waals surface area contributed by atoms with Crippen molar-refractivity contribution in [3.05, 3.63) is 24.4 Å². The van der Waals surface area contributed by atoms with Gasteiger partial charge in [-0.25, -0.2) is 0 Å². The van der Waals surface area contributed by atoms with E-state index in [1.807, 2.05) is 6.92 Å². The van der Waals surface area contributed by atoms with Crippen molar-refractivity contribution in [1.29, 1.82) is 0 Å². The first-order chi connectivity index (χ1) is 4.68. The molecule has 0 unspecified atom stereocenters. The zero-order valence-corrected chi connectivity index (χ0v) is 6.61. The van der Waals surface area contributed by atoms with Crippen LogP contribution >= 0.6 is 0 Å². The molecule has 3 N–H and O–H groups in total. The monoisotopic (exact) mass is 140 g/mol. The first-order valence-corrected chi connectivity index (χ1v) is 3.47. The van der Waals surface area contributed by atoms with Crippen molar-refractivity contribution in [2.75, 3.05) is 13.1 Å². The van der Waals surface area contributed by atoms with Crippen LogP contribution in [0.5, 0.6) is 0 Å². The number of nitrogens with two attached hydrogens (primary N) is 1. The summed E-state index contributed by atoms with van der Waals surface area (Å²) in [5, 5.41) is 3.11. The van der Waals surface area contributed by atoms with Crippen LogP contribution in [0, 0.1) is 0 Å². The van der Waals surface area contributed by atoms with Crippen molar-refractivity contribution in [3.63, 3.8) is 0 Å². The summed E-state index contributed by atoms with van der Waals surface area (Å²) in [4.78, 5) is 0. The second-order valence-corrected chi connectivity index (χ2v) is 2.33. The van der Waals surface area contributed by atoms with Crippen molar-refractivity contribution in [2.24, 2.45) is 5.73 Å². The molecule has 0 aliphatic rings. The Morgan fingerprint density at radius 2 is 2.10 bits per heavy atom. The van der Waals surface area contributed by atoms with Crippen molar-refractivity contribution < 1.29 is 0 Å². The molecule has 0 bridgehead atoms. The molecular formula is C8H16N2. The fourth-order valence-corrected chi connectivity index (χ4v) is 0.492. The highest BCUT2D eigenvalue weighted by Gasteiger charge is 1.90. The van der Waals surface area contributed by atoms with Gasteiger partial charge in [-0.2, -0.15) is 0 Å². The van der Waals surface area contributed by atoms with E-state index in [2.05, 4.69) is 18.5 Å². The van der Waals surface area contributed by atoms with Gasteiger partial charge < -0.3 is 11.1 Å². The summed E-state index contributed by atoms with van der Waals surface area (Å²) in [5.41, 5.74) is 7.19. The standard InChI is InChI=1S/C8H16N2/c1-7(2)8(3)10-6-4-5-9/h10H,1,3-6,9H2,2H3. The van der Waals surface area contributed by atoms with E-state index in [9.17, 15) is 0 Å². The minimum atomic E-state index is 0.719. The second-order valence-electron chi connectivity index (χ2n) is 2.33. The molecule has 10 heavy (non-hydrogen) atoms. The average molecular weight is 140 g/mol. The molecule has 0 spiro atoms. The quantitative estimate of drug-likeness (QED) is 0.442. The lowest BCUT2D eigenvalue weighted by Crippen LogP contribution is -2.17. The predicted octanol–water partition coefficient (Wildman–Crippen LogP) is 1.01. The van der Waals surface area contributed by atoms with E-state index >= 15 is 0 Å². The van der Waals surface area contributed by atoms with Gasteiger partial charge in [0.1, 0.15) is 0 Å². The number of nitrogens with one attached hydrogen (secondary N) is 1. The molecule has 0 aromatic rings. The maximum absolute atomic E-state index is 5.30. The van der Waals surface area contributed by atoms with E-state index in [4.69, 9.17) is 5.73 Å². The fourth-order valence-electron chi connectivity index (χ4n) is 0.492. The number of allylic oxidation sites excluding steroid dienone is 1. The van der Waals surface area contributed by atoms with Gasteiger partial charge in [-0.3, -0.25) is 0 Å². The lowest BCUT2D eigenvalue weighted by molar-refractivity contribution is 0.739. The Hall–Kier alpha value is -0.760. The van der Waals surface area contributed by atoms with E-state index in [0.717, 1.165) is 30.8 Å². The van der Waals surface area contributed by atoms with Crippen LogP contribution in [0.2, 0.25) is 0 Å². The minimum Gasteiger partial charge on any atom is -0.385 e. The molecule has 0 amide bonds. The fraction of sp³-hybridized carbons (Fsp3) is 0.500. The third-order valence-corrected chi connectivity index (χ3v) is 1.23. The Labute approximate surface area is 62.8 Å². The van der Waals surface area contributed by atoms with Crippen molar-refractivity contribution in [3.8, 4) is 0 Å². The minimum absolute atomic E-state index is 0.719. The highest BCUT2D eigenvalue weighted by molar-refractivity contribution is 5.20. The van der Waals surface area contributed by atoms with Gasteiger partial charge in [0.05, 0.1) is 0 Å². The summed E-state index contributed by atoms with van der Waals surface area (Å²) in [6.07, 6.45) is 0.978. The molecule has 0 radical (unpaired) electrons. The summed E-state index contributed by atoms with van der Waals surface area (Å²) >= 11 is 0. The van der Waals surface area contributed by atoms with E-state index in [1.165, 1.54) is 0 Å². The van der Waals surface area contributed by atoms with Crippen LogP contribution in [0.4, 0.5) is 0 Å². The van der Waals surface area contributed by atoms with Crippen LogP contribution in [0.1, 0.15) is 13.3 Å². The normalized spacial score (nSPS) is 9.00. The van der Waals surface area contributed by atoms with E-state index in [0.29, 0.717) is 0 Å². The van der Waals surface area contributed by atoms with Gasteiger partial charge in [-0.05, 0) is 25.5 Å². The molecule has 0 saturated heterocycles. The second kappa shape index (κ2) is 5.06. The summed E-state index contributed by atoms with van der Waals surface area (Å²) < 4.78 is 0. The lowest BCUT2D eigenvalue weighted by Gasteiger charge is -2.06. The molecule has 2 nitrogen and oxygen atoms in total. The van der Waals surface area contributed by atoms with E-state index in [-0.39, 0.29) is 0 Å². The van der Waals surface area contributed by atoms with Gasteiger partial charge in [0, 0.05) is 12.2 Å². The molecule has 0 aliphatic carbocycles. The third-order valence-electron chi connectivity index (χ3n) is 1.23. The highest BCUT2D eigenvalue weighted by atomic mass is 14.9. The van der Waals surface area contributed by atoms with Gasteiger partial charge in [0.15, 0.2) is 0 Å². The van der Waals surface area contributed by atoms with Crippen LogP contribution in [0.3, 0.4) is 0 Å². The number of rotatable bonds is 5. The van der Waals surface area contributed by atoms with Crippen molar-refractivity contribution in [1.82, 2.24) is 5.32 Å². The molecule has 58 valence electrons. The molecule has 0 aromatic carbocycles. The van der Waals surface area contributed by atoms with Gasteiger partial charge in [-0.1, -0.05) is 13.2 Å². The van der Waals surface area contributed by atoms with Crippen LogP contribution < -0.4 is 11.1 Å². The molecule has 0 heterocycles. The van der Waals surface area contributed by atoms with Crippen LogP contribution in [0.15, 0.2) is 24.4 Å². The first-order valence-electron chi connectivity index (χ1n) is 3.47. The average Bonchev–Trinajstić information content (AvgIpc) is 1.88. The SMILES string of the molecule is C=C(C)C(=C)NCCCN. The number of hydrogen-bond donors (Lipinski definition) is 2. The topological polar surface area (TPSA) is 38.0 Å². The van der Waals surface area contributed by atoms with E-state index < -0.39 is 0 Å². The zero-order chi connectivity index (χ0) is 7.98. The molecule has 0 aromatic heterocycles. The summed E-state index contributed by atoms with van der Waals surface area (Å²) in [6, 6.07) is 0. The molecule has 0 saturated carbocycles. The lowest BCUT2D eigenvalue weighted by atomic mass is 10.2. The van der Waals surface area contributed by atoms with Crippen molar-refractivity contribution >= 4 is 0 Å². The molecular weight excluding hydrogens is 124 g/mol. The summed E-state index contributed by atoms with van der Waals surface area (Å²) in [6.45, 7) is 11.1.